The second kappa shape index (κ2) is 5.99. The van der Waals surface area contributed by atoms with E-state index in [9.17, 15) is 13.2 Å². The van der Waals surface area contributed by atoms with Crippen molar-refractivity contribution in [2.75, 3.05) is 19.7 Å². The van der Waals surface area contributed by atoms with Crippen molar-refractivity contribution in [3.63, 3.8) is 0 Å². The average Bonchev–Trinajstić information content (AvgIpc) is 2.91. The van der Waals surface area contributed by atoms with E-state index < -0.39 is 22.6 Å². The molecule has 0 saturated carbocycles. The van der Waals surface area contributed by atoms with Crippen LogP contribution in [0, 0.1) is 0 Å². The molecule has 8 heteroatoms. The quantitative estimate of drug-likeness (QED) is 0.891. The summed E-state index contributed by atoms with van der Waals surface area (Å²) in [4.78, 5) is 10.5. The molecule has 1 aliphatic heterocycles. The highest BCUT2D eigenvalue weighted by Crippen LogP contribution is 2.29. The van der Waals surface area contributed by atoms with Crippen LogP contribution in [0.25, 0.3) is 0 Å². The van der Waals surface area contributed by atoms with E-state index >= 15 is 0 Å². The van der Waals surface area contributed by atoms with Crippen LogP contribution in [0.1, 0.15) is 12.8 Å². The minimum absolute atomic E-state index is 0.0755. The van der Waals surface area contributed by atoms with Crippen molar-refractivity contribution in [2.45, 2.75) is 17.7 Å². The lowest BCUT2D eigenvalue weighted by Crippen LogP contribution is -2.27. The molecule has 0 bridgehead atoms. The third-order valence-electron chi connectivity index (χ3n) is 2.96. The molecule has 1 fully saturated rings. The molecule has 0 aliphatic carbocycles. The fourth-order valence-corrected chi connectivity index (χ4v) is 3.82. The Morgan fingerprint density at radius 3 is 2.55 bits per heavy atom. The van der Waals surface area contributed by atoms with Crippen molar-refractivity contribution < 1.29 is 23.1 Å². The molecule has 1 heterocycles. The Bertz CT molecular complexity index is 610. The SMILES string of the molecule is O=C(O)COc1ccc(S(=O)(=O)N2CCCC2)cc1Cl. The first-order valence-corrected chi connectivity index (χ1v) is 7.87. The lowest BCUT2D eigenvalue weighted by Gasteiger charge is -2.16. The van der Waals surface area contributed by atoms with Gasteiger partial charge in [0.1, 0.15) is 5.75 Å². The molecular formula is C12H14ClNO5S. The van der Waals surface area contributed by atoms with Crippen LogP contribution in [0.15, 0.2) is 23.1 Å². The van der Waals surface area contributed by atoms with Gasteiger partial charge in [0.25, 0.3) is 0 Å². The van der Waals surface area contributed by atoms with Crippen molar-refractivity contribution >= 4 is 27.6 Å². The van der Waals surface area contributed by atoms with Gasteiger partial charge in [0.05, 0.1) is 9.92 Å². The summed E-state index contributed by atoms with van der Waals surface area (Å²) >= 11 is 5.92. The minimum Gasteiger partial charge on any atom is -0.480 e. The summed E-state index contributed by atoms with van der Waals surface area (Å²) in [5, 5.41) is 8.60. The molecule has 20 heavy (non-hydrogen) atoms. The van der Waals surface area contributed by atoms with Crippen molar-refractivity contribution in [2.24, 2.45) is 0 Å². The predicted octanol–water partition coefficient (Wildman–Crippen LogP) is 1.59. The van der Waals surface area contributed by atoms with Gasteiger partial charge < -0.3 is 9.84 Å². The summed E-state index contributed by atoms with van der Waals surface area (Å²) in [5.41, 5.74) is 0. The van der Waals surface area contributed by atoms with Gasteiger partial charge in [-0.2, -0.15) is 4.31 Å². The van der Waals surface area contributed by atoms with Gasteiger partial charge in [-0.3, -0.25) is 0 Å². The van der Waals surface area contributed by atoms with Gasteiger partial charge in [-0.1, -0.05) is 11.6 Å². The van der Waals surface area contributed by atoms with Crippen LogP contribution in [0.3, 0.4) is 0 Å². The van der Waals surface area contributed by atoms with Gasteiger partial charge in [0, 0.05) is 13.1 Å². The van der Waals surface area contributed by atoms with Crippen molar-refractivity contribution in [3.8, 4) is 5.75 Å². The average molecular weight is 320 g/mol. The molecule has 1 saturated heterocycles. The Hall–Kier alpha value is -1.31. The third kappa shape index (κ3) is 3.23. The number of hydrogen-bond acceptors (Lipinski definition) is 4. The monoisotopic (exact) mass is 319 g/mol. The summed E-state index contributed by atoms with van der Waals surface area (Å²) in [7, 11) is -3.53. The number of aliphatic carboxylic acids is 1. The first kappa shape index (κ1) is 15.1. The molecule has 1 aromatic rings. The number of hydrogen-bond donors (Lipinski definition) is 1. The molecule has 110 valence electrons. The minimum atomic E-state index is -3.53. The summed E-state index contributed by atoms with van der Waals surface area (Å²) in [5.74, 6) is -0.982. The molecule has 0 atom stereocenters. The highest BCUT2D eigenvalue weighted by Gasteiger charge is 2.27. The van der Waals surface area contributed by atoms with Crippen LogP contribution < -0.4 is 4.74 Å². The second-order valence-corrected chi connectivity index (χ2v) is 6.73. The highest BCUT2D eigenvalue weighted by atomic mass is 35.5. The van der Waals surface area contributed by atoms with E-state index in [4.69, 9.17) is 21.4 Å². The third-order valence-corrected chi connectivity index (χ3v) is 5.15. The fourth-order valence-electron chi connectivity index (χ4n) is 1.98. The van der Waals surface area contributed by atoms with Crippen LogP contribution in [0.5, 0.6) is 5.75 Å². The number of carboxylic acids is 1. The standard InChI is InChI=1S/C12H14ClNO5S/c13-10-7-9(3-4-11(10)19-8-12(15)16)20(17,18)14-5-1-2-6-14/h3-4,7H,1-2,5-6,8H2,(H,15,16). The Morgan fingerprint density at radius 1 is 1.35 bits per heavy atom. The number of carboxylic acid groups (broad SMARTS) is 1. The van der Waals surface area contributed by atoms with Crippen LogP contribution in [0.2, 0.25) is 5.02 Å². The van der Waals surface area contributed by atoms with Crippen LogP contribution >= 0.6 is 11.6 Å². The van der Waals surface area contributed by atoms with E-state index in [1.54, 1.807) is 0 Å². The van der Waals surface area contributed by atoms with E-state index in [2.05, 4.69) is 0 Å². The second-order valence-electron chi connectivity index (χ2n) is 4.39. The molecule has 0 radical (unpaired) electrons. The molecule has 1 N–H and O–H groups in total. The Balaban J connectivity index is 2.22. The van der Waals surface area contributed by atoms with Gasteiger partial charge in [0.15, 0.2) is 6.61 Å². The number of benzene rings is 1. The van der Waals surface area contributed by atoms with Gasteiger partial charge >= 0.3 is 5.97 Å². The summed E-state index contributed by atoms with van der Waals surface area (Å²) in [6.45, 7) is 0.492. The number of nitrogens with zero attached hydrogens (tertiary/aromatic N) is 1. The van der Waals surface area contributed by atoms with Crippen molar-refractivity contribution in [3.05, 3.63) is 23.2 Å². The molecule has 0 amide bonds. The summed E-state index contributed by atoms with van der Waals surface area (Å²) < 4.78 is 31.0. The maximum absolute atomic E-state index is 12.3. The van der Waals surface area contributed by atoms with Crippen molar-refractivity contribution in [1.29, 1.82) is 0 Å². The topological polar surface area (TPSA) is 83.9 Å². The molecule has 0 unspecified atom stereocenters. The maximum Gasteiger partial charge on any atom is 0.341 e. The highest BCUT2D eigenvalue weighted by molar-refractivity contribution is 7.89. The molecule has 1 aliphatic rings. The zero-order chi connectivity index (χ0) is 14.8. The Labute approximate surface area is 122 Å². The maximum atomic E-state index is 12.3. The smallest absolute Gasteiger partial charge is 0.341 e. The van der Waals surface area contributed by atoms with Crippen LogP contribution in [0.4, 0.5) is 0 Å². The number of ether oxygens (including phenoxy) is 1. The molecular weight excluding hydrogens is 306 g/mol. The van der Waals surface area contributed by atoms with E-state index in [0.717, 1.165) is 12.8 Å². The van der Waals surface area contributed by atoms with Crippen molar-refractivity contribution in [1.82, 2.24) is 4.31 Å². The number of halogens is 1. The number of rotatable bonds is 5. The van der Waals surface area contributed by atoms with Gasteiger partial charge in [-0.05, 0) is 31.0 Å². The van der Waals surface area contributed by atoms with E-state index in [0.29, 0.717) is 13.1 Å². The van der Waals surface area contributed by atoms with Crippen LogP contribution in [-0.4, -0.2) is 43.5 Å². The van der Waals surface area contributed by atoms with Gasteiger partial charge in [-0.25, -0.2) is 13.2 Å². The molecule has 6 nitrogen and oxygen atoms in total. The largest absolute Gasteiger partial charge is 0.480 e. The fraction of sp³-hybridized carbons (Fsp3) is 0.417. The molecule has 0 spiro atoms. The van der Waals surface area contributed by atoms with E-state index in [-0.39, 0.29) is 15.7 Å². The van der Waals surface area contributed by atoms with Gasteiger partial charge in [0.2, 0.25) is 10.0 Å². The van der Waals surface area contributed by atoms with Crippen LogP contribution in [-0.2, 0) is 14.8 Å². The predicted molar refractivity (Wildman–Crippen MR) is 72.6 cm³/mol. The Kier molecular flexibility index (Phi) is 4.52. The Morgan fingerprint density at radius 2 is 2.00 bits per heavy atom. The van der Waals surface area contributed by atoms with E-state index in [1.165, 1.54) is 22.5 Å². The first-order valence-electron chi connectivity index (χ1n) is 6.05. The zero-order valence-corrected chi connectivity index (χ0v) is 12.2. The van der Waals surface area contributed by atoms with Gasteiger partial charge in [-0.15, -0.1) is 0 Å². The first-order chi connectivity index (χ1) is 9.41. The molecule has 1 aromatic carbocycles. The van der Waals surface area contributed by atoms with E-state index in [1.807, 2.05) is 0 Å². The molecule has 0 aromatic heterocycles. The zero-order valence-electron chi connectivity index (χ0n) is 10.6. The lowest BCUT2D eigenvalue weighted by atomic mass is 10.3. The lowest BCUT2D eigenvalue weighted by molar-refractivity contribution is -0.139. The number of carbonyl (C=O) groups is 1. The summed E-state index contributed by atoms with van der Waals surface area (Å²) in [6, 6.07) is 4.03. The number of sulfonamides is 1. The normalized spacial score (nSPS) is 16.2. The molecule has 2 rings (SSSR count). The summed E-state index contributed by atoms with van der Waals surface area (Å²) in [6.07, 6.45) is 1.71.